The van der Waals surface area contributed by atoms with Gasteiger partial charge in [0.1, 0.15) is 0 Å². The van der Waals surface area contributed by atoms with Gasteiger partial charge in [-0.25, -0.2) is 0 Å². The molecule has 0 saturated heterocycles. The highest BCUT2D eigenvalue weighted by atomic mass is 16.4. The second-order valence-electron chi connectivity index (χ2n) is 9.92. The van der Waals surface area contributed by atoms with Gasteiger partial charge in [-0.2, -0.15) is 0 Å². The van der Waals surface area contributed by atoms with Crippen molar-refractivity contribution < 1.29 is 10.3 Å². The van der Waals surface area contributed by atoms with Crippen molar-refractivity contribution in [2.24, 2.45) is 39.7 Å². The van der Waals surface area contributed by atoms with Gasteiger partial charge in [0.05, 0.1) is 11.8 Å². The molecule has 4 aliphatic carbocycles. The van der Waals surface area contributed by atoms with E-state index in [-0.39, 0.29) is 16.7 Å². The number of rotatable bonds is 1. The Labute approximate surface area is 151 Å². The Bertz CT molecular complexity index is 648. The van der Waals surface area contributed by atoms with Crippen LogP contribution in [-0.2, 0) is 0 Å². The summed E-state index contributed by atoms with van der Waals surface area (Å²) in [6.45, 7) is 11.3. The molecule has 0 bridgehead atoms. The van der Waals surface area contributed by atoms with Crippen LogP contribution in [0.3, 0.4) is 0 Å². The smallest absolute Gasteiger partial charge is 0.0675 e. The fourth-order valence-corrected chi connectivity index (χ4v) is 7.20. The first-order valence-electron chi connectivity index (χ1n) is 10.0. The molecule has 0 aromatic heterocycles. The van der Waals surface area contributed by atoms with Gasteiger partial charge in [-0.05, 0) is 86.0 Å². The highest BCUT2D eigenvalue weighted by Crippen LogP contribution is 2.68. The van der Waals surface area contributed by atoms with Crippen molar-refractivity contribution in [3.05, 3.63) is 23.8 Å². The predicted molar refractivity (Wildman–Crippen MR) is 101 cm³/mol. The summed E-state index contributed by atoms with van der Waals surface area (Å²) < 4.78 is 0. The molecule has 1 unspecified atom stereocenters. The van der Waals surface area contributed by atoms with Crippen molar-refractivity contribution >= 4 is 6.21 Å². The lowest BCUT2D eigenvalue weighted by Crippen LogP contribution is -2.54. The summed E-state index contributed by atoms with van der Waals surface area (Å²) in [7, 11) is 0. The van der Waals surface area contributed by atoms with E-state index in [1.54, 1.807) is 6.21 Å². The summed E-state index contributed by atoms with van der Waals surface area (Å²) in [6, 6.07) is 0. The molecule has 0 radical (unpaired) electrons. The summed E-state index contributed by atoms with van der Waals surface area (Å²) in [5, 5.41) is 23.2. The molecule has 0 heterocycles. The Morgan fingerprint density at radius 3 is 2.56 bits per heavy atom. The third kappa shape index (κ3) is 2.24. The lowest BCUT2D eigenvalue weighted by atomic mass is 9.45. The Morgan fingerprint density at radius 2 is 1.84 bits per heavy atom. The molecule has 0 amide bonds. The number of fused-ring (bicyclic) bond motifs is 5. The molecule has 4 rings (SSSR count). The van der Waals surface area contributed by atoms with Gasteiger partial charge in [-0.15, -0.1) is 5.16 Å². The molecule has 0 aliphatic heterocycles. The fraction of sp³-hybridized carbons (Fsp3) is 0.773. The maximum absolute atomic E-state index is 11.0. The third-order valence-corrected chi connectivity index (χ3v) is 8.93. The lowest BCUT2D eigenvalue weighted by molar-refractivity contribution is -0.114. The van der Waals surface area contributed by atoms with Gasteiger partial charge in [0.2, 0.25) is 0 Å². The molecule has 3 fully saturated rings. The molecular formula is C22H33NO2. The highest BCUT2D eigenvalue weighted by molar-refractivity contribution is 5.64. The van der Waals surface area contributed by atoms with Crippen LogP contribution in [-0.4, -0.2) is 22.1 Å². The molecule has 0 spiro atoms. The molecule has 3 nitrogen and oxygen atoms in total. The maximum atomic E-state index is 11.0. The van der Waals surface area contributed by atoms with E-state index in [1.807, 2.05) is 0 Å². The average molecular weight is 344 g/mol. The zero-order valence-corrected chi connectivity index (χ0v) is 16.0. The topological polar surface area (TPSA) is 52.8 Å². The second kappa shape index (κ2) is 5.45. The Balaban J connectivity index is 1.70. The number of hydrogen-bond donors (Lipinski definition) is 2. The molecule has 25 heavy (non-hydrogen) atoms. The van der Waals surface area contributed by atoms with Crippen molar-refractivity contribution in [2.45, 2.75) is 71.3 Å². The third-order valence-electron chi connectivity index (χ3n) is 8.93. The predicted octanol–water partition coefficient (Wildman–Crippen LogP) is 4.94. The van der Waals surface area contributed by atoms with Crippen LogP contribution in [0.25, 0.3) is 0 Å². The van der Waals surface area contributed by atoms with Crippen LogP contribution in [0.15, 0.2) is 29.0 Å². The Hall–Kier alpha value is -1.09. The molecular weight excluding hydrogens is 310 g/mol. The van der Waals surface area contributed by atoms with E-state index in [2.05, 4.69) is 38.6 Å². The summed E-state index contributed by atoms with van der Waals surface area (Å²) >= 11 is 0. The SMILES string of the molecule is C=C1C[C@@H]2[C@H](CC[C@@]3(C)[C@H]2CC[C@]3(C)O)[C@@]2(C)CCC(/C=N/O)C=C12. The summed E-state index contributed by atoms with van der Waals surface area (Å²) in [5.41, 5.74) is 2.47. The van der Waals surface area contributed by atoms with Crippen LogP contribution < -0.4 is 0 Å². The molecule has 3 saturated carbocycles. The average Bonchev–Trinajstić information content (AvgIpc) is 2.79. The van der Waals surface area contributed by atoms with Crippen LogP contribution in [0, 0.1) is 34.5 Å². The number of aliphatic hydroxyl groups is 1. The zero-order chi connectivity index (χ0) is 18.0. The minimum Gasteiger partial charge on any atom is -0.411 e. The van der Waals surface area contributed by atoms with Crippen molar-refractivity contribution in [1.82, 2.24) is 0 Å². The van der Waals surface area contributed by atoms with Gasteiger partial charge in [0.15, 0.2) is 0 Å². The van der Waals surface area contributed by atoms with Gasteiger partial charge in [0, 0.05) is 5.92 Å². The minimum absolute atomic E-state index is 0.0623. The van der Waals surface area contributed by atoms with Crippen molar-refractivity contribution in [3.63, 3.8) is 0 Å². The number of oxime groups is 1. The Kier molecular flexibility index (Phi) is 3.78. The number of allylic oxidation sites excluding steroid dienone is 3. The molecule has 3 heteroatoms. The summed E-state index contributed by atoms with van der Waals surface area (Å²) in [5.74, 6) is 2.21. The van der Waals surface area contributed by atoms with Crippen LogP contribution in [0.1, 0.15) is 65.7 Å². The van der Waals surface area contributed by atoms with E-state index >= 15 is 0 Å². The van der Waals surface area contributed by atoms with Gasteiger partial charge < -0.3 is 10.3 Å². The first-order valence-corrected chi connectivity index (χ1v) is 10.0. The van der Waals surface area contributed by atoms with Gasteiger partial charge in [0.25, 0.3) is 0 Å². The molecule has 0 aromatic carbocycles. The number of hydrogen-bond acceptors (Lipinski definition) is 3. The van der Waals surface area contributed by atoms with Crippen LogP contribution >= 0.6 is 0 Å². The van der Waals surface area contributed by atoms with Crippen molar-refractivity contribution in [2.75, 3.05) is 0 Å². The second-order valence-corrected chi connectivity index (χ2v) is 9.92. The van der Waals surface area contributed by atoms with E-state index < -0.39 is 5.60 Å². The van der Waals surface area contributed by atoms with E-state index in [1.165, 1.54) is 17.6 Å². The van der Waals surface area contributed by atoms with E-state index in [9.17, 15) is 5.11 Å². The van der Waals surface area contributed by atoms with Crippen LogP contribution in [0.2, 0.25) is 0 Å². The maximum Gasteiger partial charge on any atom is 0.0675 e. The lowest BCUT2D eigenvalue weighted by Gasteiger charge is -2.59. The molecule has 4 aliphatic rings. The number of nitrogens with zero attached hydrogens (tertiary/aromatic N) is 1. The first-order chi connectivity index (χ1) is 11.7. The quantitative estimate of drug-likeness (QED) is 0.402. The van der Waals surface area contributed by atoms with E-state index in [0.29, 0.717) is 17.8 Å². The van der Waals surface area contributed by atoms with Crippen molar-refractivity contribution in [1.29, 1.82) is 0 Å². The van der Waals surface area contributed by atoms with E-state index in [4.69, 9.17) is 5.21 Å². The molecule has 7 atom stereocenters. The summed E-state index contributed by atoms with van der Waals surface area (Å²) in [4.78, 5) is 0. The fourth-order valence-electron chi connectivity index (χ4n) is 7.20. The van der Waals surface area contributed by atoms with Gasteiger partial charge in [-0.1, -0.05) is 32.1 Å². The monoisotopic (exact) mass is 343 g/mol. The molecule has 0 aromatic rings. The van der Waals surface area contributed by atoms with Gasteiger partial charge >= 0.3 is 0 Å². The van der Waals surface area contributed by atoms with Crippen LogP contribution in [0.4, 0.5) is 0 Å². The highest BCUT2D eigenvalue weighted by Gasteiger charge is 2.62. The Morgan fingerprint density at radius 1 is 1.12 bits per heavy atom. The standard InChI is InChI=1S/C22H33NO2/c1-14-11-16-17(6-9-21(3)18(16)7-10-22(21,4)24)20(2)8-5-15(13-23-25)12-19(14)20/h12-13,15-18,24-25H,1,5-11H2,2-4H3/b23-13+/t15?,16-,17+,18+,20-,21+,22+/m1/s1. The zero-order valence-electron chi connectivity index (χ0n) is 16.0. The molecule has 2 N–H and O–H groups in total. The summed E-state index contributed by atoms with van der Waals surface area (Å²) in [6.07, 6.45) is 11.7. The van der Waals surface area contributed by atoms with Gasteiger partial charge in [-0.3, -0.25) is 0 Å². The largest absolute Gasteiger partial charge is 0.411 e. The first kappa shape index (κ1) is 17.3. The van der Waals surface area contributed by atoms with Crippen LogP contribution in [0.5, 0.6) is 0 Å². The van der Waals surface area contributed by atoms with Crippen molar-refractivity contribution in [3.8, 4) is 0 Å². The minimum atomic E-state index is -0.518. The molecule has 138 valence electrons. The van der Waals surface area contributed by atoms with E-state index in [0.717, 1.165) is 38.5 Å². The normalized spacial score (nSPS) is 52.5.